The first kappa shape index (κ1) is 21.1. The summed E-state index contributed by atoms with van der Waals surface area (Å²) in [5.74, 6) is 0.442. The van der Waals surface area contributed by atoms with Crippen LogP contribution in [0, 0.1) is 0 Å². The second-order valence-corrected chi connectivity index (χ2v) is 7.52. The number of aromatic nitrogens is 3. The first-order valence-electron chi connectivity index (χ1n) is 9.82. The second-order valence-electron chi connectivity index (χ2n) is 7.52. The van der Waals surface area contributed by atoms with E-state index in [-0.39, 0.29) is 23.7 Å². The van der Waals surface area contributed by atoms with Crippen LogP contribution in [0.15, 0.2) is 36.5 Å². The number of methoxy groups -OCH3 is 1. The summed E-state index contributed by atoms with van der Waals surface area (Å²) in [5.41, 5.74) is 0.108. The Morgan fingerprint density at radius 2 is 1.81 bits per heavy atom. The minimum Gasteiger partial charge on any atom is -0.497 e. The number of rotatable bonds is 4. The van der Waals surface area contributed by atoms with Gasteiger partial charge in [0, 0.05) is 37.3 Å². The molecule has 31 heavy (non-hydrogen) atoms. The molecular formula is C21H22F3N5O2. The van der Waals surface area contributed by atoms with Gasteiger partial charge in [0.05, 0.1) is 25.4 Å². The minimum atomic E-state index is -4.63. The van der Waals surface area contributed by atoms with Crippen molar-refractivity contribution in [3.63, 3.8) is 0 Å². The first-order chi connectivity index (χ1) is 14.8. The molecule has 7 nitrogen and oxygen atoms in total. The number of alkyl halides is 3. The van der Waals surface area contributed by atoms with Crippen LogP contribution in [0.3, 0.4) is 0 Å². The maximum atomic E-state index is 13.7. The summed E-state index contributed by atoms with van der Waals surface area (Å²) in [6, 6.07) is 7.56. The van der Waals surface area contributed by atoms with E-state index in [0.717, 1.165) is 23.7 Å². The summed E-state index contributed by atoms with van der Waals surface area (Å²) in [6.45, 7) is 2.71. The van der Waals surface area contributed by atoms with E-state index in [1.165, 1.54) is 13.3 Å². The average Bonchev–Trinajstić information content (AvgIpc) is 3.15. The second kappa shape index (κ2) is 8.18. The van der Waals surface area contributed by atoms with E-state index in [9.17, 15) is 18.0 Å². The van der Waals surface area contributed by atoms with E-state index in [4.69, 9.17) is 4.74 Å². The Bertz CT molecular complexity index is 1090. The largest absolute Gasteiger partial charge is 0.497 e. The van der Waals surface area contributed by atoms with E-state index in [2.05, 4.69) is 15.0 Å². The summed E-state index contributed by atoms with van der Waals surface area (Å²) < 4.78 is 47.1. The molecule has 4 rings (SSSR count). The zero-order chi connectivity index (χ0) is 22.2. The fourth-order valence-corrected chi connectivity index (χ4v) is 3.58. The third kappa shape index (κ3) is 4.34. The van der Waals surface area contributed by atoms with Gasteiger partial charge in [-0.2, -0.15) is 18.3 Å². The SMILES string of the molecule is COc1ccc(-c2cc(C(F)(F)F)n3ncc(CC(=O)N4CCN(C)CC4)c3n2)cc1. The van der Waals surface area contributed by atoms with Gasteiger partial charge in [0.2, 0.25) is 5.91 Å². The Hall–Kier alpha value is -3.14. The Kier molecular flexibility index (Phi) is 5.57. The molecule has 0 N–H and O–H groups in total. The normalized spacial score (nSPS) is 15.5. The Morgan fingerprint density at radius 3 is 2.42 bits per heavy atom. The molecule has 10 heteroatoms. The van der Waals surface area contributed by atoms with Crippen LogP contribution in [0.2, 0.25) is 0 Å². The van der Waals surface area contributed by atoms with Crippen molar-refractivity contribution in [2.24, 2.45) is 0 Å². The highest BCUT2D eigenvalue weighted by Gasteiger charge is 2.36. The fraction of sp³-hybridized carbons (Fsp3) is 0.381. The predicted molar refractivity (Wildman–Crippen MR) is 108 cm³/mol. The van der Waals surface area contributed by atoms with Gasteiger partial charge >= 0.3 is 6.18 Å². The summed E-state index contributed by atoms with van der Waals surface area (Å²) in [7, 11) is 3.49. The molecule has 0 unspecified atom stereocenters. The number of amides is 1. The van der Waals surface area contributed by atoms with Gasteiger partial charge in [-0.3, -0.25) is 4.79 Å². The molecule has 2 aromatic heterocycles. The minimum absolute atomic E-state index is 0.0307. The van der Waals surface area contributed by atoms with Crippen molar-refractivity contribution < 1.29 is 22.7 Å². The number of piperazine rings is 1. The molecule has 3 aromatic rings. The molecule has 0 saturated carbocycles. The van der Waals surface area contributed by atoms with Gasteiger partial charge in [-0.15, -0.1) is 0 Å². The third-order valence-electron chi connectivity index (χ3n) is 5.42. The van der Waals surface area contributed by atoms with Crippen molar-refractivity contribution in [3.8, 4) is 17.0 Å². The lowest BCUT2D eigenvalue weighted by Gasteiger charge is -2.32. The fourth-order valence-electron chi connectivity index (χ4n) is 3.58. The van der Waals surface area contributed by atoms with Crippen molar-refractivity contribution in [2.75, 3.05) is 40.3 Å². The number of likely N-dealkylation sites (N-methyl/N-ethyl adjacent to an activating group) is 1. The zero-order valence-electron chi connectivity index (χ0n) is 17.2. The van der Waals surface area contributed by atoms with E-state index in [0.29, 0.717) is 30.0 Å². The van der Waals surface area contributed by atoms with Crippen LogP contribution in [-0.4, -0.2) is 70.6 Å². The van der Waals surface area contributed by atoms with Gasteiger partial charge in [0.25, 0.3) is 0 Å². The highest BCUT2D eigenvalue weighted by atomic mass is 19.4. The molecule has 3 heterocycles. The summed E-state index contributed by atoms with van der Waals surface area (Å²) >= 11 is 0. The predicted octanol–water partition coefficient (Wildman–Crippen LogP) is 2.74. The topological polar surface area (TPSA) is 63.0 Å². The molecule has 1 fully saturated rings. The molecule has 1 amide bonds. The maximum Gasteiger partial charge on any atom is 0.433 e. The van der Waals surface area contributed by atoms with Crippen LogP contribution >= 0.6 is 0 Å². The number of nitrogens with zero attached hydrogens (tertiary/aromatic N) is 5. The first-order valence-corrected chi connectivity index (χ1v) is 9.82. The third-order valence-corrected chi connectivity index (χ3v) is 5.42. The number of hydrogen-bond donors (Lipinski definition) is 0. The number of benzene rings is 1. The van der Waals surface area contributed by atoms with E-state index >= 15 is 0 Å². The van der Waals surface area contributed by atoms with Crippen LogP contribution < -0.4 is 4.74 Å². The van der Waals surface area contributed by atoms with E-state index in [1.54, 1.807) is 29.2 Å². The van der Waals surface area contributed by atoms with Crippen molar-refractivity contribution in [1.82, 2.24) is 24.4 Å². The van der Waals surface area contributed by atoms with Crippen LogP contribution in [-0.2, 0) is 17.4 Å². The van der Waals surface area contributed by atoms with E-state index < -0.39 is 11.9 Å². The average molecular weight is 433 g/mol. The molecule has 0 aliphatic carbocycles. The standard InChI is InChI=1S/C21H22F3N5O2/c1-27-7-9-28(10-8-27)19(30)11-15-13-25-29-18(21(22,23)24)12-17(26-20(15)29)14-3-5-16(31-2)6-4-14/h3-6,12-13H,7-11H2,1-2H3. The molecule has 1 aliphatic rings. The van der Waals surface area contributed by atoms with Gasteiger partial charge in [-0.05, 0) is 37.4 Å². The lowest BCUT2D eigenvalue weighted by atomic mass is 10.1. The van der Waals surface area contributed by atoms with Crippen LogP contribution in [0.1, 0.15) is 11.3 Å². The van der Waals surface area contributed by atoms with Gasteiger partial charge in [0.1, 0.15) is 5.75 Å². The Morgan fingerprint density at radius 1 is 1.13 bits per heavy atom. The van der Waals surface area contributed by atoms with Crippen molar-refractivity contribution in [3.05, 3.63) is 47.8 Å². The highest BCUT2D eigenvalue weighted by molar-refractivity contribution is 5.81. The number of halogens is 3. The van der Waals surface area contributed by atoms with Crippen LogP contribution in [0.4, 0.5) is 13.2 Å². The van der Waals surface area contributed by atoms with Crippen LogP contribution in [0.5, 0.6) is 5.75 Å². The summed E-state index contributed by atoms with van der Waals surface area (Å²) in [5, 5.41) is 3.89. The summed E-state index contributed by atoms with van der Waals surface area (Å²) in [6.07, 6.45) is -3.39. The number of carbonyl (C=O) groups excluding carboxylic acids is 1. The molecule has 164 valence electrons. The van der Waals surface area contributed by atoms with E-state index in [1.807, 2.05) is 7.05 Å². The van der Waals surface area contributed by atoms with Gasteiger partial charge < -0.3 is 14.5 Å². The Labute approximate surface area is 177 Å². The zero-order valence-corrected chi connectivity index (χ0v) is 17.2. The van der Waals surface area contributed by atoms with Crippen LogP contribution in [0.25, 0.3) is 16.9 Å². The van der Waals surface area contributed by atoms with Crippen molar-refractivity contribution >= 4 is 11.6 Å². The number of fused-ring (bicyclic) bond motifs is 1. The lowest BCUT2D eigenvalue weighted by molar-refractivity contribution is -0.142. The quantitative estimate of drug-likeness (QED) is 0.633. The lowest BCUT2D eigenvalue weighted by Crippen LogP contribution is -2.47. The van der Waals surface area contributed by atoms with Crippen molar-refractivity contribution in [2.45, 2.75) is 12.6 Å². The van der Waals surface area contributed by atoms with Gasteiger partial charge in [0.15, 0.2) is 11.3 Å². The molecule has 0 bridgehead atoms. The number of carbonyl (C=O) groups is 1. The number of hydrogen-bond acceptors (Lipinski definition) is 5. The smallest absolute Gasteiger partial charge is 0.433 e. The Balaban J connectivity index is 1.72. The highest BCUT2D eigenvalue weighted by Crippen LogP contribution is 2.33. The van der Waals surface area contributed by atoms with Gasteiger partial charge in [-0.25, -0.2) is 9.50 Å². The summed E-state index contributed by atoms with van der Waals surface area (Å²) in [4.78, 5) is 21.0. The molecule has 0 spiro atoms. The molecular weight excluding hydrogens is 411 g/mol. The molecule has 1 aromatic carbocycles. The molecule has 1 saturated heterocycles. The van der Waals surface area contributed by atoms with Crippen molar-refractivity contribution in [1.29, 1.82) is 0 Å². The maximum absolute atomic E-state index is 13.7. The molecule has 1 aliphatic heterocycles. The van der Waals surface area contributed by atoms with Gasteiger partial charge in [-0.1, -0.05) is 0 Å². The number of ether oxygens (including phenoxy) is 1. The molecule has 0 radical (unpaired) electrons. The monoisotopic (exact) mass is 433 g/mol. The molecule has 0 atom stereocenters.